The number of benzene rings is 2. The first kappa shape index (κ1) is 20.5. The molecule has 5 heteroatoms. The standard InChI is InChI=1S/C23H30N2O2S/c1-26-21-12-8-18(9-13-21)16-25(17-19-10-14-22(27-2)15-11-19)23(28)24-20-6-4-3-5-7-20/h8-15,20H,3-7,16-17H2,1-2H3,(H,24,28). The molecule has 4 nitrogen and oxygen atoms in total. The number of hydrogen-bond donors (Lipinski definition) is 1. The molecule has 1 aliphatic rings. The van der Waals surface area contributed by atoms with Crippen LogP contribution < -0.4 is 14.8 Å². The summed E-state index contributed by atoms with van der Waals surface area (Å²) in [6.45, 7) is 1.52. The fraction of sp³-hybridized carbons (Fsp3) is 0.435. The fourth-order valence-electron chi connectivity index (χ4n) is 3.62. The van der Waals surface area contributed by atoms with E-state index in [4.69, 9.17) is 21.7 Å². The largest absolute Gasteiger partial charge is 0.497 e. The van der Waals surface area contributed by atoms with E-state index in [0.29, 0.717) is 6.04 Å². The van der Waals surface area contributed by atoms with E-state index in [1.54, 1.807) is 14.2 Å². The third-order valence-electron chi connectivity index (χ3n) is 5.28. The number of hydrogen-bond acceptors (Lipinski definition) is 3. The Morgan fingerprint density at radius 3 is 1.75 bits per heavy atom. The molecule has 0 aliphatic heterocycles. The van der Waals surface area contributed by atoms with Crippen molar-refractivity contribution in [3.05, 3.63) is 59.7 Å². The van der Waals surface area contributed by atoms with Gasteiger partial charge in [0.1, 0.15) is 11.5 Å². The number of rotatable bonds is 7. The number of nitrogens with zero attached hydrogens (tertiary/aromatic N) is 1. The van der Waals surface area contributed by atoms with E-state index in [0.717, 1.165) is 29.7 Å². The van der Waals surface area contributed by atoms with E-state index >= 15 is 0 Å². The van der Waals surface area contributed by atoms with Gasteiger partial charge in [-0.25, -0.2) is 0 Å². The molecule has 2 aromatic carbocycles. The van der Waals surface area contributed by atoms with Crippen molar-refractivity contribution >= 4 is 17.3 Å². The van der Waals surface area contributed by atoms with Crippen molar-refractivity contribution in [2.24, 2.45) is 0 Å². The Kier molecular flexibility index (Phi) is 7.54. The Balaban J connectivity index is 1.71. The van der Waals surface area contributed by atoms with Crippen LogP contribution in [0.2, 0.25) is 0 Å². The Labute approximate surface area is 173 Å². The molecule has 0 spiro atoms. The highest BCUT2D eigenvalue weighted by molar-refractivity contribution is 7.80. The summed E-state index contributed by atoms with van der Waals surface area (Å²) in [5.74, 6) is 1.74. The van der Waals surface area contributed by atoms with Crippen molar-refractivity contribution in [3.63, 3.8) is 0 Å². The zero-order valence-corrected chi connectivity index (χ0v) is 17.6. The molecule has 2 aromatic rings. The number of thiocarbonyl (C=S) groups is 1. The predicted molar refractivity (Wildman–Crippen MR) is 118 cm³/mol. The SMILES string of the molecule is COc1ccc(CN(Cc2ccc(OC)cc2)C(=S)NC2CCCCC2)cc1. The van der Waals surface area contributed by atoms with Crippen LogP contribution in [0.25, 0.3) is 0 Å². The van der Waals surface area contributed by atoms with Gasteiger partial charge < -0.3 is 19.7 Å². The normalized spacial score (nSPS) is 14.4. The number of ether oxygens (including phenoxy) is 2. The summed E-state index contributed by atoms with van der Waals surface area (Å²) in [6, 6.07) is 16.9. The van der Waals surface area contributed by atoms with Crippen molar-refractivity contribution in [3.8, 4) is 11.5 Å². The lowest BCUT2D eigenvalue weighted by molar-refractivity contribution is 0.362. The van der Waals surface area contributed by atoms with Gasteiger partial charge in [0.2, 0.25) is 0 Å². The molecule has 1 N–H and O–H groups in total. The zero-order valence-electron chi connectivity index (χ0n) is 16.8. The average Bonchev–Trinajstić information content (AvgIpc) is 2.75. The lowest BCUT2D eigenvalue weighted by Crippen LogP contribution is -2.44. The minimum absolute atomic E-state index is 0.496. The van der Waals surface area contributed by atoms with Crippen LogP contribution in [0, 0.1) is 0 Å². The first-order valence-electron chi connectivity index (χ1n) is 9.99. The van der Waals surface area contributed by atoms with Crippen LogP contribution in [0.5, 0.6) is 11.5 Å². The monoisotopic (exact) mass is 398 g/mol. The van der Waals surface area contributed by atoms with Crippen molar-refractivity contribution in [1.29, 1.82) is 0 Å². The van der Waals surface area contributed by atoms with E-state index in [9.17, 15) is 0 Å². The Hall–Kier alpha value is -2.27. The summed E-state index contributed by atoms with van der Waals surface area (Å²) in [5.41, 5.74) is 2.42. The molecule has 3 rings (SSSR count). The highest BCUT2D eigenvalue weighted by Gasteiger charge is 2.18. The van der Waals surface area contributed by atoms with Gasteiger partial charge in [-0.05, 0) is 60.5 Å². The Morgan fingerprint density at radius 1 is 0.857 bits per heavy atom. The molecule has 0 saturated heterocycles. The van der Waals surface area contributed by atoms with Crippen molar-refractivity contribution in [1.82, 2.24) is 10.2 Å². The van der Waals surface area contributed by atoms with Gasteiger partial charge in [-0.15, -0.1) is 0 Å². The third-order valence-corrected chi connectivity index (χ3v) is 5.66. The molecule has 1 saturated carbocycles. The predicted octanol–water partition coefficient (Wildman–Crippen LogP) is 4.91. The molecule has 0 radical (unpaired) electrons. The second-order valence-electron chi connectivity index (χ2n) is 7.34. The van der Waals surface area contributed by atoms with Crippen LogP contribution in [0.15, 0.2) is 48.5 Å². The van der Waals surface area contributed by atoms with E-state index in [1.165, 1.54) is 43.2 Å². The first-order chi connectivity index (χ1) is 13.7. The van der Waals surface area contributed by atoms with E-state index in [-0.39, 0.29) is 0 Å². The van der Waals surface area contributed by atoms with Crippen LogP contribution in [0.3, 0.4) is 0 Å². The average molecular weight is 399 g/mol. The summed E-state index contributed by atoms with van der Waals surface area (Å²) >= 11 is 5.82. The molecule has 0 amide bonds. The highest BCUT2D eigenvalue weighted by atomic mass is 32.1. The topological polar surface area (TPSA) is 33.7 Å². The van der Waals surface area contributed by atoms with Crippen LogP contribution in [0.4, 0.5) is 0 Å². The molecule has 1 aliphatic carbocycles. The van der Waals surface area contributed by atoms with Gasteiger partial charge in [0.15, 0.2) is 5.11 Å². The molecule has 0 heterocycles. The van der Waals surface area contributed by atoms with Gasteiger partial charge in [0.05, 0.1) is 14.2 Å². The minimum Gasteiger partial charge on any atom is -0.497 e. The summed E-state index contributed by atoms with van der Waals surface area (Å²) in [4.78, 5) is 2.24. The van der Waals surface area contributed by atoms with Crippen LogP contribution in [0.1, 0.15) is 43.2 Å². The Morgan fingerprint density at radius 2 is 1.32 bits per heavy atom. The number of nitrogens with one attached hydrogen (secondary N) is 1. The van der Waals surface area contributed by atoms with Crippen molar-refractivity contribution < 1.29 is 9.47 Å². The molecule has 0 atom stereocenters. The molecule has 150 valence electrons. The van der Waals surface area contributed by atoms with Gasteiger partial charge >= 0.3 is 0 Å². The smallest absolute Gasteiger partial charge is 0.169 e. The summed E-state index contributed by atoms with van der Waals surface area (Å²) < 4.78 is 10.6. The Bertz CT molecular complexity index is 691. The second-order valence-corrected chi connectivity index (χ2v) is 7.72. The molecule has 0 aromatic heterocycles. The minimum atomic E-state index is 0.496. The van der Waals surface area contributed by atoms with Gasteiger partial charge in [-0.2, -0.15) is 0 Å². The van der Waals surface area contributed by atoms with Crippen LogP contribution >= 0.6 is 12.2 Å². The van der Waals surface area contributed by atoms with Gasteiger partial charge in [0.25, 0.3) is 0 Å². The highest BCUT2D eigenvalue weighted by Crippen LogP contribution is 2.20. The molecule has 0 unspecified atom stereocenters. The molecule has 1 fully saturated rings. The lowest BCUT2D eigenvalue weighted by atomic mass is 9.96. The molecule has 28 heavy (non-hydrogen) atoms. The van der Waals surface area contributed by atoms with Crippen molar-refractivity contribution in [2.75, 3.05) is 14.2 Å². The second kappa shape index (κ2) is 10.3. The third kappa shape index (κ3) is 5.86. The lowest BCUT2D eigenvalue weighted by Gasteiger charge is -2.31. The van der Waals surface area contributed by atoms with E-state index in [2.05, 4.69) is 34.5 Å². The van der Waals surface area contributed by atoms with Crippen molar-refractivity contribution in [2.45, 2.75) is 51.2 Å². The molecule has 0 bridgehead atoms. The van der Waals surface area contributed by atoms with Gasteiger partial charge in [0, 0.05) is 19.1 Å². The number of methoxy groups -OCH3 is 2. The maximum absolute atomic E-state index is 5.82. The molecular formula is C23H30N2O2S. The van der Waals surface area contributed by atoms with Gasteiger partial charge in [-0.3, -0.25) is 0 Å². The maximum atomic E-state index is 5.82. The van der Waals surface area contributed by atoms with E-state index < -0.39 is 0 Å². The summed E-state index contributed by atoms with van der Waals surface area (Å²) in [7, 11) is 3.38. The zero-order chi connectivity index (χ0) is 19.8. The summed E-state index contributed by atoms with van der Waals surface area (Å²) in [5, 5.41) is 4.44. The molecular weight excluding hydrogens is 368 g/mol. The fourth-order valence-corrected chi connectivity index (χ4v) is 3.91. The quantitative estimate of drug-likeness (QED) is 0.670. The maximum Gasteiger partial charge on any atom is 0.169 e. The van der Waals surface area contributed by atoms with E-state index in [1.807, 2.05) is 24.3 Å². The first-order valence-corrected chi connectivity index (χ1v) is 10.4. The van der Waals surface area contributed by atoms with Gasteiger partial charge in [-0.1, -0.05) is 43.5 Å². The van der Waals surface area contributed by atoms with Crippen LogP contribution in [-0.4, -0.2) is 30.3 Å². The summed E-state index contributed by atoms with van der Waals surface area (Å²) in [6.07, 6.45) is 6.33. The van der Waals surface area contributed by atoms with Crippen LogP contribution in [-0.2, 0) is 13.1 Å².